The van der Waals surface area contributed by atoms with E-state index in [0.717, 1.165) is 49.0 Å². The van der Waals surface area contributed by atoms with Crippen LogP contribution in [0.1, 0.15) is 5.69 Å². The van der Waals surface area contributed by atoms with Crippen molar-refractivity contribution in [2.75, 3.05) is 31.2 Å². The first-order valence-electron chi connectivity index (χ1n) is 5.76. The number of morpholine rings is 1. The number of hydrogen-bond acceptors (Lipinski definition) is 5. The van der Waals surface area contributed by atoms with Gasteiger partial charge in [-0.05, 0) is 19.1 Å². The van der Waals surface area contributed by atoms with Gasteiger partial charge in [-0.2, -0.15) is 0 Å². The second-order valence-electron chi connectivity index (χ2n) is 4.08. The van der Waals surface area contributed by atoms with Gasteiger partial charge in [-0.3, -0.25) is 4.98 Å². The molecule has 2 aromatic rings. The second kappa shape index (κ2) is 4.25. The van der Waals surface area contributed by atoms with E-state index in [1.54, 1.807) is 6.20 Å². The summed E-state index contributed by atoms with van der Waals surface area (Å²) >= 11 is 0. The predicted octanol–water partition coefficient (Wildman–Crippen LogP) is 1.17. The molecule has 2 aromatic heterocycles. The van der Waals surface area contributed by atoms with Gasteiger partial charge >= 0.3 is 0 Å². The summed E-state index contributed by atoms with van der Waals surface area (Å²) in [6.07, 6.45) is 1.77. The smallest absolute Gasteiger partial charge is 0.226 e. The molecule has 0 amide bonds. The molecule has 0 unspecified atom stereocenters. The van der Waals surface area contributed by atoms with Crippen LogP contribution in [0.5, 0.6) is 0 Å². The largest absolute Gasteiger partial charge is 0.378 e. The van der Waals surface area contributed by atoms with Gasteiger partial charge in [-0.1, -0.05) is 0 Å². The highest BCUT2D eigenvalue weighted by Crippen LogP contribution is 2.17. The van der Waals surface area contributed by atoms with Crippen molar-refractivity contribution in [3.8, 4) is 0 Å². The third-order valence-corrected chi connectivity index (χ3v) is 2.91. The Kier molecular flexibility index (Phi) is 2.60. The van der Waals surface area contributed by atoms with Crippen LogP contribution in [-0.4, -0.2) is 41.3 Å². The molecule has 5 heteroatoms. The van der Waals surface area contributed by atoms with Gasteiger partial charge < -0.3 is 9.64 Å². The van der Waals surface area contributed by atoms with Gasteiger partial charge in [0.15, 0.2) is 0 Å². The Labute approximate surface area is 99.5 Å². The van der Waals surface area contributed by atoms with E-state index < -0.39 is 0 Å². The number of ether oxygens (including phenoxy) is 1. The number of pyridine rings is 1. The van der Waals surface area contributed by atoms with Gasteiger partial charge in [0.1, 0.15) is 5.52 Å². The summed E-state index contributed by atoms with van der Waals surface area (Å²) in [5, 5.41) is 0. The molecule has 0 atom stereocenters. The molecule has 3 heterocycles. The monoisotopic (exact) mass is 230 g/mol. The highest BCUT2D eigenvalue weighted by Gasteiger charge is 2.15. The summed E-state index contributed by atoms with van der Waals surface area (Å²) in [6.45, 7) is 5.17. The second-order valence-corrected chi connectivity index (χ2v) is 4.08. The van der Waals surface area contributed by atoms with Gasteiger partial charge in [-0.25, -0.2) is 9.97 Å². The van der Waals surface area contributed by atoms with Crippen LogP contribution < -0.4 is 4.90 Å². The zero-order chi connectivity index (χ0) is 11.7. The van der Waals surface area contributed by atoms with Gasteiger partial charge in [0.2, 0.25) is 5.95 Å². The fraction of sp³-hybridized carbons (Fsp3) is 0.417. The highest BCUT2D eigenvalue weighted by atomic mass is 16.5. The Hall–Kier alpha value is -1.75. The van der Waals surface area contributed by atoms with Gasteiger partial charge in [0.25, 0.3) is 0 Å². The summed E-state index contributed by atoms with van der Waals surface area (Å²) in [6, 6.07) is 3.87. The summed E-state index contributed by atoms with van der Waals surface area (Å²) in [5.74, 6) is 0.784. The van der Waals surface area contributed by atoms with Gasteiger partial charge in [0, 0.05) is 19.3 Å². The van der Waals surface area contributed by atoms with Crippen LogP contribution in [0.3, 0.4) is 0 Å². The van der Waals surface area contributed by atoms with Crippen molar-refractivity contribution >= 4 is 17.0 Å². The minimum atomic E-state index is 0.744. The Bertz CT molecular complexity index is 537. The maximum atomic E-state index is 5.33. The maximum Gasteiger partial charge on any atom is 0.226 e. The van der Waals surface area contributed by atoms with Gasteiger partial charge in [-0.15, -0.1) is 0 Å². The van der Waals surface area contributed by atoms with Crippen LogP contribution in [-0.2, 0) is 4.74 Å². The minimum absolute atomic E-state index is 0.744. The lowest BCUT2D eigenvalue weighted by Crippen LogP contribution is -2.37. The van der Waals surface area contributed by atoms with E-state index in [4.69, 9.17) is 4.74 Å². The van der Waals surface area contributed by atoms with Crippen molar-refractivity contribution in [2.24, 2.45) is 0 Å². The van der Waals surface area contributed by atoms with Crippen LogP contribution in [0, 0.1) is 6.92 Å². The number of aryl methyl sites for hydroxylation is 1. The molecular weight excluding hydrogens is 216 g/mol. The van der Waals surface area contributed by atoms with Crippen molar-refractivity contribution in [2.45, 2.75) is 6.92 Å². The number of anilines is 1. The molecule has 0 aromatic carbocycles. The van der Waals surface area contributed by atoms with Crippen LogP contribution in [0.25, 0.3) is 11.0 Å². The zero-order valence-corrected chi connectivity index (χ0v) is 9.76. The fourth-order valence-corrected chi connectivity index (χ4v) is 2.01. The number of fused-ring (bicyclic) bond motifs is 1. The number of aromatic nitrogens is 3. The standard InChI is InChI=1S/C12H14N4O/c1-9-11-10(3-2-4-13-11)15-12(14-9)16-5-7-17-8-6-16/h2-4H,5-8H2,1H3. The van der Waals surface area contributed by atoms with Gasteiger partial charge in [0.05, 0.1) is 24.4 Å². The average molecular weight is 230 g/mol. The molecule has 1 fully saturated rings. The van der Waals surface area contributed by atoms with Crippen LogP contribution >= 0.6 is 0 Å². The van der Waals surface area contributed by atoms with E-state index in [9.17, 15) is 0 Å². The lowest BCUT2D eigenvalue weighted by atomic mass is 10.3. The quantitative estimate of drug-likeness (QED) is 0.736. The molecule has 88 valence electrons. The first kappa shape index (κ1) is 10.4. The summed E-state index contributed by atoms with van der Waals surface area (Å²) in [4.78, 5) is 15.5. The Morgan fingerprint density at radius 2 is 2.06 bits per heavy atom. The first-order chi connectivity index (χ1) is 8.34. The molecule has 0 N–H and O–H groups in total. The number of rotatable bonds is 1. The third-order valence-electron chi connectivity index (χ3n) is 2.91. The van der Waals surface area contributed by atoms with Crippen molar-refractivity contribution in [1.82, 2.24) is 15.0 Å². The molecule has 17 heavy (non-hydrogen) atoms. The summed E-state index contributed by atoms with van der Waals surface area (Å²) in [5.41, 5.74) is 2.71. The molecule has 3 rings (SSSR count). The molecule has 1 aliphatic heterocycles. The van der Waals surface area contributed by atoms with Crippen LogP contribution in [0.15, 0.2) is 18.3 Å². The molecule has 1 aliphatic rings. The normalized spacial score (nSPS) is 16.4. The Balaban J connectivity index is 2.05. The van der Waals surface area contributed by atoms with E-state index in [-0.39, 0.29) is 0 Å². The zero-order valence-electron chi connectivity index (χ0n) is 9.76. The van der Waals surface area contributed by atoms with Crippen LogP contribution in [0.2, 0.25) is 0 Å². The Morgan fingerprint density at radius 1 is 1.24 bits per heavy atom. The molecule has 0 saturated carbocycles. The average Bonchev–Trinajstić information content (AvgIpc) is 2.40. The van der Waals surface area contributed by atoms with Crippen molar-refractivity contribution in [3.05, 3.63) is 24.0 Å². The SMILES string of the molecule is Cc1nc(N2CCOCC2)nc2cccnc12. The van der Waals surface area contributed by atoms with E-state index in [2.05, 4.69) is 19.9 Å². The van der Waals surface area contributed by atoms with E-state index in [1.807, 2.05) is 19.1 Å². The highest BCUT2D eigenvalue weighted by molar-refractivity contribution is 5.77. The van der Waals surface area contributed by atoms with Crippen molar-refractivity contribution < 1.29 is 4.74 Å². The summed E-state index contributed by atoms with van der Waals surface area (Å²) in [7, 11) is 0. The van der Waals surface area contributed by atoms with E-state index in [1.165, 1.54) is 0 Å². The Morgan fingerprint density at radius 3 is 2.88 bits per heavy atom. The van der Waals surface area contributed by atoms with Crippen molar-refractivity contribution in [3.63, 3.8) is 0 Å². The first-order valence-corrected chi connectivity index (χ1v) is 5.76. The topological polar surface area (TPSA) is 51.1 Å². The lowest BCUT2D eigenvalue weighted by molar-refractivity contribution is 0.122. The van der Waals surface area contributed by atoms with Crippen LogP contribution in [0.4, 0.5) is 5.95 Å². The minimum Gasteiger partial charge on any atom is -0.378 e. The maximum absolute atomic E-state index is 5.33. The molecule has 1 saturated heterocycles. The molecule has 0 spiro atoms. The number of hydrogen-bond donors (Lipinski definition) is 0. The molecule has 0 aliphatic carbocycles. The third kappa shape index (κ3) is 1.93. The fourth-order valence-electron chi connectivity index (χ4n) is 2.01. The number of nitrogens with zero attached hydrogens (tertiary/aromatic N) is 4. The lowest BCUT2D eigenvalue weighted by Gasteiger charge is -2.27. The van der Waals surface area contributed by atoms with E-state index >= 15 is 0 Å². The van der Waals surface area contributed by atoms with Crippen molar-refractivity contribution in [1.29, 1.82) is 0 Å². The summed E-state index contributed by atoms with van der Waals surface area (Å²) < 4.78 is 5.33. The molecule has 0 radical (unpaired) electrons. The molecule has 0 bridgehead atoms. The predicted molar refractivity (Wildman–Crippen MR) is 65.1 cm³/mol. The molecular formula is C12H14N4O. The molecule has 5 nitrogen and oxygen atoms in total. The van der Waals surface area contributed by atoms with E-state index in [0.29, 0.717) is 0 Å².